The highest BCUT2D eigenvalue weighted by Crippen LogP contribution is 2.12. The van der Waals surface area contributed by atoms with Gasteiger partial charge in [-0.1, -0.05) is 6.07 Å². The fourth-order valence-corrected chi connectivity index (χ4v) is 3.20. The first-order chi connectivity index (χ1) is 12.0. The summed E-state index contributed by atoms with van der Waals surface area (Å²) in [5.41, 5.74) is 1.73. The van der Waals surface area contributed by atoms with E-state index in [-0.39, 0.29) is 29.8 Å². The van der Waals surface area contributed by atoms with E-state index in [0.29, 0.717) is 18.7 Å². The first kappa shape index (κ1) is 22.8. The predicted octanol–water partition coefficient (Wildman–Crippen LogP) is 3.18. The van der Waals surface area contributed by atoms with Gasteiger partial charge in [-0.05, 0) is 38.7 Å². The second-order valence-electron chi connectivity index (χ2n) is 6.13. The molecule has 0 radical (unpaired) electrons. The fraction of sp³-hybridized carbons (Fsp3) is 0.444. The smallest absolute Gasteiger partial charge is 0.191 e. The lowest BCUT2D eigenvalue weighted by Crippen LogP contribution is -2.37. The molecule has 1 aromatic heterocycles. The van der Waals surface area contributed by atoms with E-state index in [4.69, 9.17) is 0 Å². The van der Waals surface area contributed by atoms with E-state index in [2.05, 4.69) is 27.5 Å². The zero-order valence-electron chi connectivity index (χ0n) is 15.7. The molecule has 144 valence electrons. The summed E-state index contributed by atoms with van der Waals surface area (Å²) in [4.78, 5) is 11.8. The molecule has 26 heavy (non-hydrogen) atoms. The van der Waals surface area contributed by atoms with Crippen LogP contribution in [0.15, 0.2) is 29.4 Å². The quantitative estimate of drug-likeness (QED) is 0.355. The molecule has 2 N–H and O–H groups in total. The van der Waals surface area contributed by atoms with Crippen molar-refractivity contribution in [3.8, 4) is 0 Å². The molecule has 0 atom stereocenters. The summed E-state index contributed by atoms with van der Waals surface area (Å²) < 4.78 is 13.8. The largest absolute Gasteiger partial charge is 0.356 e. The van der Waals surface area contributed by atoms with Crippen LogP contribution in [0.3, 0.4) is 0 Å². The number of benzene rings is 1. The topological polar surface area (TPSA) is 52.6 Å². The first-order valence-electron chi connectivity index (χ1n) is 8.25. The molecule has 2 aromatic rings. The summed E-state index contributed by atoms with van der Waals surface area (Å²) in [6, 6.07) is 5.22. The van der Waals surface area contributed by atoms with Crippen molar-refractivity contribution in [2.75, 3.05) is 27.7 Å². The Kier molecular flexibility index (Phi) is 10.0. The van der Waals surface area contributed by atoms with Crippen molar-refractivity contribution in [2.24, 2.45) is 4.99 Å². The maximum Gasteiger partial charge on any atom is 0.191 e. The van der Waals surface area contributed by atoms with Crippen molar-refractivity contribution in [3.05, 3.63) is 51.2 Å². The van der Waals surface area contributed by atoms with Crippen LogP contribution in [0.2, 0.25) is 0 Å². The molecule has 5 nitrogen and oxygen atoms in total. The number of hydrogen-bond donors (Lipinski definition) is 2. The molecule has 2 rings (SSSR count). The van der Waals surface area contributed by atoms with Gasteiger partial charge in [0, 0.05) is 49.7 Å². The van der Waals surface area contributed by atoms with Crippen LogP contribution < -0.4 is 10.6 Å². The Hall–Kier alpha value is -1.26. The maximum absolute atomic E-state index is 13.8. The van der Waals surface area contributed by atoms with Gasteiger partial charge < -0.3 is 15.5 Å². The minimum absolute atomic E-state index is 0. The number of nitrogens with zero attached hydrogens (tertiary/aromatic N) is 3. The molecule has 0 spiro atoms. The highest BCUT2D eigenvalue weighted by Gasteiger charge is 2.06. The van der Waals surface area contributed by atoms with Gasteiger partial charge in [-0.15, -0.1) is 35.3 Å². The van der Waals surface area contributed by atoms with Crippen molar-refractivity contribution in [3.63, 3.8) is 0 Å². The van der Waals surface area contributed by atoms with Crippen molar-refractivity contribution in [1.29, 1.82) is 0 Å². The Bertz CT molecular complexity index is 717. The first-order valence-corrected chi connectivity index (χ1v) is 9.07. The van der Waals surface area contributed by atoms with Gasteiger partial charge in [-0.25, -0.2) is 9.37 Å². The second kappa shape index (κ2) is 11.5. The maximum atomic E-state index is 13.8. The van der Waals surface area contributed by atoms with Crippen LogP contribution in [-0.4, -0.2) is 43.5 Å². The normalized spacial score (nSPS) is 11.4. The molecule has 1 aromatic carbocycles. The third-order valence-electron chi connectivity index (χ3n) is 3.58. The van der Waals surface area contributed by atoms with Gasteiger partial charge in [0.05, 0.1) is 5.01 Å². The number of aromatic nitrogens is 1. The molecule has 1 heterocycles. The zero-order valence-corrected chi connectivity index (χ0v) is 18.8. The van der Waals surface area contributed by atoms with Crippen LogP contribution in [0.1, 0.15) is 21.0 Å². The molecule has 0 saturated heterocycles. The molecule has 0 bridgehead atoms. The lowest BCUT2D eigenvalue weighted by Gasteiger charge is -2.14. The predicted molar refractivity (Wildman–Crippen MR) is 118 cm³/mol. The van der Waals surface area contributed by atoms with Crippen LogP contribution >= 0.6 is 35.3 Å². The number of thiazole rings is 1. The number of halogens is 2. The standard InChI is InChI=1S/C18H26FN5S.HI/c1-13-10-22-17(25-13)7-8-21-18(20-2)23-11-14-5-6-16(19)15(9-14)12-24(3)4;/h5-6,9-10H,7-8,11-12H2,1-4H3,(H2,20,21,23);1H. The summed E-state index contributed by atoms with van der Waals surface area (Å²) in [6.45, 7) is 4.00. The number of rotatable bonds is 7. The number of nitrogens with one attached hydrogen (secondary N) is 2. The van der Waals surface area contributed by atoms with Gasteiger partial charge in [0.15, 0.2) is 5.96 Å². The Morgan fingerprint density at radius 2 is 2.08 bits per heavy atom. The van der Waals surface area contributed by atoms with E-state index in [1.165, 1.54) is 10.9 Å². The summed E-state index contributed by atoms with van der Waals surface area (Å²) in [5, 5.41) is 7.66. The second-order valence-corrected chi connectivity index (χ2v) is 7.45. The molecular formula is C18H27FIN5S. The van der Waals surface area contributed by atoms with Crippen LogP contribution in [0.25, 0.3) is 0 Å². The Morgan fingerprint density at radius 3 is 2.69 bits per heavy atom. The third-order valence-corrected chi connectivity index (χ3v) is 4.55. The van der Waals surface area contributed by atoms with Crippen LogP contribution in [0.5, 0.6) is 0 Å². The molecule has 0 unspecified atom stereocenters. The highest BCUT2D eigenvalue weighted by molar-refractivity contribution is 14.0. The van der Waals surface area contributed by atoms with E-state index >= 15 is 0 Å². The van der Waals surface area contributed by atoms with E-state index in [9.17, 15) is 4.39 Å². The monoisotopic (exact) mass is 491 g/mol. The molecule has 0 amide bonds. The van der Waals surface area contributed by atoms with Gasteiger partial charge in [0.2, 0.25) is 0 Å². The van der Waals surface area contributed by atoms with Crippen LogP contribution in [0, 0.1) is 12.7 Å². The SMILES string of the molecule is CN=C(NCCc1ncc(C)s1)NCc1ccc(F)c(CN(C)C)c1.I. The fourth-order valence-electron chi connectivity index (χ4n) is 2.41. The summed E-state index contributed by atoms with van der Waals surface area (Å²) >= 11 is 1.71. The van der Waals surface area contributed by atoms with E-state index in [1.54, 1.807) is 24.5 Å². The zero-order chi connectivity index (χ0) is 18.2. The summed E-state index contributed by atoms with van der Waals surface area (Å²) in [5.74, 6) is 0.561. The average molecular weight is 491 g/mol. The van der Waals surface area contributed by atoms with Gasteiger partial charge in [0.25, 0.3) is 0 Å². The van der Waals surface area contributed by atoms with Crippen molar-refractivity contribution < 1.29 is 4.39 Å². The molecule has 0 saturated carbocycles. The Balaban J connectivity index is 0.00000338. The molecule has 0 aliphatic rings. The third kappa shape index (κ3) is 7.55. The Morgan fingerprint density at radius 1 is 1.31 bits per heavy atom. The average Bonchev–Trinajstić information content (AvgIpc) is 2.98. The van der Waals surface area contributed by atoms with E-state index < -0.39 is 0 Å². The molecular weight excluding hydrogens is 464 g/mol. The molecule has 0 aliphatic heterocycles. The number of aryl methyl sites for hydroxylation is 1. The molecule has 0 aliphatic carbocycles. The van der Waals surface area contributed by atoms with Crippen LogP contribution in [0.4, 0.5) is 4.39 Å². The van der Waals surface area contributed by atoms with Gasteiger partial charge in [-0.2, -0.15) is 0 Å². The Labute approximate surface area is 176 Å². The summed E-state index contributed by atoms with van der Waals surface area (Å²) in [6.07, 6.45) is 2.76. The van der Waals surface area contributed by atoms with Crippen LogP contribution in [-0.2, 0) is 19.5 Å². The highest BCUT2D eigenvalue weighted by atomic mass is 127. The minimum Gasteiger partial charge on any atom is -0.356 e. The van der Waals surface area contributed by atoms with Gasteiger partial charge in [0.1, 0.15) is 5.82 Å². The lowest BCUT2D eigenvalue weighted by molar-refractivity contribution is 0.392. The van der Waals surface area contributed by atoms with Gasteiger partial charge in [-0.3, -0.25) is 4.99 Å². The minimum atomic E-state index is -0.168. The number of hydrogen-bond acceptors (Lipinski definition) is 4. The summed E-state index contributed by atoms with van der Waals surface area (Å²) in [7, 11) is 5.60. The van der Waals surface area contributed by atoms with Crippen molar-refractivity contribution in [2.45, 2.75) is 26.4 Å². The van der Waals surface area contributed by atoms with Crippen molar-refractivity contribution >= 4 is 41.3 Å². The number of aliphatic imine (C=N–C) groups is 1. The van der Waals surface area contributed by atoms with E-state index in [0.717, 1.165) is 29.5 Å². The lowest BCUT2D eigenvalue weighted by atomic mass is 10.1. The molecule has 0 fully saturated rings. The number of guanidine groups is 1. The van der Waals surface area contributed by atoms with Gasteiger partial charge >= 0.3 is 0 Å². The molecule has 8 heteroatoms. The van der Waals surface area contributed by atoms with E-state index in [1.807, 2.05) is 31.3 Å². The van der Waals surface area contributed by atoms with Crippen molar-refractivity contribution in [1.82, 2.24) is 20.5 Å².